The predicted molar refractivity (Wildman–Crippen MR) is 53.4 cm³/mol. The van der Waals surface area contributed by atoms with Crippen LogP contribution in [-0.2, 0) is 0 Å². The van der Waals surface area contributed by atoms with Gasteiger partial charge in [-0.3, -0.25) is 0 Å². The minimum atomic E-state index is 0.396. The molecule has 0 saturated heterocycles. The highest BCUT2D eigenvalue weighted by atomic mass is 79.9. The van der Waals surface area contributed by atoms with Gasteiger partial charge in [-0.25, -0.2) is 0 Å². The average molecular weight is 231 g/mol. The van der Waals surface area contributed by atoms with E-state index in [1.165, 1.54) is 0 Å². The minimum absolute atomic E-state index is 0.396. The van der Waals surface area contributed by atoms with E-state index >= 15 is 0 Å². The number of hydrogen-bond acceptors (Lipinski definition) is 3. The molecule has 1 aromatic rings. The van der Waals surface area contributed by atoms with Crippen LogP contribution >= 0.6 is 15.9 Å². The third kappa shape index (κ3) is 2.12. The lowest BCUT2D eigenvalue weighted by atomic mass is 10.3. The van der Waals surface area contributed by atoms with Crippen LogP contribution in [0.2, 0.25) is 0 Å². The number of halogens is 1. The van der Waals surface area contributed by atoms with Gasteiger partial charge in [0.05, 0.1) is 19.5 Å². The lowest BCUT2D eigenvalue weighted by Crippen LogP contribution is -2.11. The monoisotopic (exact) mass is 230 g/mol. The van der Waals surface area contributed by atoms with Crippen LogP contribution in [0.5, 0.6) is 5.75 Å². The Morgan fingerprint density at radius 1 is 1.58 bits per heavy atom. The smallest absolute Gasteiger partial charge is 0.142 e. The number of nitrogens with two attached hydrogens (primary N) is 1. The topological polar surface area (TPSA) is 47.3 Å². The van der Waals surface area contributed by atoms with E-state index in [1.807, 2.05) is 18.2 Å². The van der Waals surface area contributed by atoms with E-state index in [2.05, 4.69) is 21.2 Å². The normalized spacial score (nSPS) is 9.58. The van der Waals surface area contributed by atoms with Crippen LogP contribution in [0.1, 0.15) is 0 Å². The molecule has 0 amide bonds. The standard InChI is InChI=1S/C8H11BrN2O/c1-12-8-3-2-6(9)4-7(8)11-5-10/h2-4,11H,5,10H2,1H3. The average Bonchev–Trinajstić information content (AvgIpc) is 2.05. The molecule has 3 nitrogen and oxygen atoms in total. The lowest BCUT2D eigenvalue weighted by Gasteiger charge is -2.09. The van der Waals surface area contributed by atoms with Crippen LogP contribution in [-0.4, -0.2) is 13.8 Å². The van der Waals surface area contributed by atoms with E-state index in [1.54, 1.807) is 7.11 Å². The highest BCUT2D eigenvalue weighted by Crippen LogP contribution is 2.27. The number of benzene rings is 1. The first-order valence-corrected chi connectivity index (χ1v) is 4.34. The van der Waals surface area contributed by atoms with E-state index in [-0.39, 0.29) is 0 Å². The summed E-state index contributed by atoms with van der Waals surface area (Å²) in [5, 5.41) is 2.99. The first kappa shape index (κ1) is 9.35. The third-order valence-electron chi connectivity index (χ3n) is 1.45. The Hall–Kier alpha value is -0.740. The van der Waals surface area contributed by atoms with Gasteiger partial charge >= 0.3 is 0 Å². The molecule has 0 aliphatic carbocycles. The van der Waals surface area contributed by atoms with Crippen molar-refractivity contribution in [2.45, 2.75) is 0 Å². The summed E-state index contributed by atoms with van der Waals surface area (Å²) in [6, 6.07) is 5.72. The van der Waals surface area contributed by atoms with Gasteiger partial charge in [0.15, 0.2) is 0 Å². The summed E-state index contributed by atoms with van der Waals surface area (Å²) in [6.07, 6.45) is 0. The molecule has 0 bridgehead atoms. The molecule has 0 atom stereocenters. The lowest BCUT2D eigenvalue weighted by molar-refractivity contribution is 0.416. The number of methoxy groups -OCH3 is 1. The Kier molecular flexibility index (Phi) is 3.37. The molecule has 0 unspecified atom stereocenters. The molecular formula is C8H11BrN2O. The second kappa shape index (κ2) is 4.33. The van der Waals surface area contributed by atoms with Crippen molar-refractivity contribution in [1.82, 2.24) is 0 Å². The van der Waals surface area contributed by atoms with Crippen LogP contribution in [0.4, 0.5) is 5.69 Å². The zero-order valence-electron chi connectivity index (χ0n) is 6.80. The second-order valence-corrected chi connectivity index (χ2v) is 3.14. The molecule has 3 N–H and O–H groups in total. The fourth-order valence-corrected chi connectivity index (χ4v) is 1.29. The summed E-state index contributed by atoms with van der Waals surface area (Å²) < 4.78 is 6.11. The fourth-order valence-electron chi connectivity index (χ4n) is 0.928. The SMILES string of the molecule is COc1ccc(Br)cc1NCN. The highest BCUT2D eigenvalue weighted by molar-refractivity contribution is 9.10. The Bertz CT molecular complexity index is 265. The molecule has 0 aromatic heterocycles. The van der Waals surface area contributed by atoms with Crippen LogP contribution in [0.15, 0.2) is 22.7 Å². The predicted octanol–water partition coefficient (Wildman–Crippen LogP) is 1.79. The van der Waals surface area contributed by atoms with Gasteiger partial charge < -0.3 is 15.8 Å². The van der Waals surface area contributed by atoms with Crippen LogP contribution in [0, 0.1) is 0 Å². The molecule has 0 aliphatic heterocycles. The second-order valence-electron chi connectivity index (χ2n) is 2.23. The molecule has 0 aliphatic rings. The van der Waals surface area contributed by atoms with Crippen molar-refractivity contribution in [2.75, 3.05) is 19.1 Å². The number of ether oxygens (including phenoxy) is 1. The van der Waals surface area contributed by atoms with Gasteiger partial charge in [0.2, 0.25) is 0 Å². The fraction of sp³-hybridized carbons (Fsp3) is 0.250. The van der Waals surface area contributed by atoms with E-state index in [4.69, 9.17) is 10.5 Å². The molecular weight excluding hydrogens is 220 g/mol. The Labute approximate surface area is 80.0 Å². The molecule has 66 valence electrons. The van der Waals surface area contributed by atoms with Gasteiger partial charge in [-0.2, -0.15) is 0 Å². The molecule has 0 spiro atoms. The van der Waals surface area contributed by atoms with Crippen LogP contribution in [0.25, 0.3) is 0 Å². The summed E-state index contributed by atoms with van der Waals surface area (Å²) in [7, 11) is 1.63. The Balaban J connectivity index is 2.95. The van der Waals surface area contributed by atoms with E-state index in [0.29, 0.717) is 6.67 Å². The molecule has 0 radical (unpaired) electrons. The summed E-state index contributed by atoms with van der Waals surface area (Å²) in [4.78, 5) is 0. The van der Waals surface area contributed by atoms with E-state index < -0.39 is 0 Å². The molecule has 1 rings (SSSR count). The summed E-state index contributed by atoms with van der Waals surface area (Å²) in [6.45, 7) is 0.396. The third-order valence-corrected chi connectivity index (χ3v) is 1.95. The van der Waals surface area contributed by atoms with Crippen LogP contribution < -0.4 is 15.8 Å². The number of anilines is 1. The van der Waals surface area contributed by atoms with Gasteiger partial charge in [-0.1, -0.05) is 15.9 Å². The van der Waals surface area contributed by atoms with Crippen molar-refractivity contribution in [3.63, 3.8) is 0 Å². The maximum absolute atomic E-state index is 5.35. The first-order chi connectivity index (χ1) is 5.77. The largest absolute Gasteiger partial charge is 0.495 e. The summed E-state index contributed by atoms with van der Waals surface area (Å²) in [5.74, 6) is 0.795. The van der Waals surface area contributed by atoms with E-state index in [9.17, 15) is 0 Å². The quantitative estimate of drug-likeness (QED) is 0.779. The number of nitrogens with one attached hydrogen (secondary N) is 1. The molecule has 0 saturated carbocycles. The van der Waals surface area contributed by atoms with Crippen molar-refractivity contribution in [3.8, 4) is 5.75 Å². The zero-order valence-corrected chi connectivity index (χ0v) is 8.39. The summed E-state index contributed by atoms with van der Waals surface area (Å²) >= 11 is 3.36. The first-order valence-electron chi connectivity index (χ1n) is 3.55. The van der Waals surface area contributed by atoms with Gasteiger partial charge in [0.1, 0.15) is 5.75 Å². The van der Waals surface area contributed by atoms with Gasteiger partial charge in [0.25, 0.3) is 0 Å². The van der Waals surface area contributed by atoms with Crippen molar-refractivity contribution < 1.29 is 4.74 Å². The number of rotatable bonds is 3. The van der Waals surface area contributed by atoms with Crippen molar-refractivity contribution in [2.24, 2.45) is 5.73 Å². The Morgan fingerprint density at radius 2 is 2.33 bits per heavy atom. The maximum Gasteiger partial charge on any atom is 0.142 e. The minimum Gasteiger partial charge on any atom is -0.495 e. The highest BCUT2D eigenvalue weighted by Gasteiger charge is 2.00. The molecule has 0 fully saturated rings. The van der Waals surface area contributed by atoms with E-state index in [0.717, 1.165) is 15.9 Å². The van der Waals surface area contributed by atoms with Gasteiger partial charge in [0, 0.05) is 4.47 Å². The van der Waals surface area contributed by atoms with Crippen molar-refractivity contribution in [3.05, 3.63) is 22.7 Å². The molecule has 4 heteroatoms. The van der Waals surface area contributed by atoms with Gasteiger partial charge in [-0.15, -0.1) is 0 Å². The molecule has 1 aromatic carbocycles. The summed E-state index contributed by atoms with van der Waals surface area (Å²) in [5.41, 5.74) is 6.25. The van der Waals surface area contributed by atoms with Crippen molar-refractivity contribution >= 4 is 21.6 Å². The number of hydrogen-bond donors (Lipinski definition) is 2. The molecule has 0 heterocycles. The van der Waals surface area contributed by atoms with Crippen molar-refractivity contribution in [1.29, 1.82) is 0 Å². The maximum atomic E-state index is 5.35. The van der Waals surface area contributed by atoms with Gasteiger partial charge in [-0.05, 0) is 18.2 Å². The molecule has 12 heavy (non-hydrogen) atoms. The Morgan fingerprint density at radius 3 is 2.92 bits per heavy atom. The zero-order chi connectivity index (χ0) is 8.97. The van der Waals surface area contributed by atoms with Crippen LogP contribution in [0.3, 0.4) is 0 Å².